The Bertz CT molecular complexity index is 403. The first kappa shape index (κ1) is 7.62. The summed E-state index contributed by atoms with van der Waals surface area (Å²) in [6.07, 6.45) is 0. The Morgan fingerprint density at radius 3 is 2.83 bits per heavy atom. The minimum absolute atomic E-state index is 1.23. The predicted molar refractivity (Wildman–Crippen MR) is 56.1 cm³/mol. The van der Waals surface area contributed by atoms with Crippen LogP contribution in [0.3, 0.4) is 0 Å². The van der Waals surface area contributed by atoms with Gasteiger partial charge in [-0.25, -0.2) is 0 Å². The van der Waals surface area contributed by atoms with Crippen molar-refractivity contribution in [3.8, 4) is 0 Å². The molecular formula is C10H11NS. The first-order chi connectivity index (χ1) is 5.79. The monoisotopic (exact) mass is 177 g/mol. The summed E-state index contributed by atoms with van der Waals surface area (Å²) < 4.78 is 1.35. The minimum atomic E-state index is 1.23. The van der Waals surface area contributed by atoms with Gasteiger partial charge in [-0.3, -0.25) is 0 Å². The van der Waals surface area contributed by atoms with Gasteiger partial charge in [0, 0.05) is 11.7 Å². The van der Waals surface area contributed by atoms with Crippen LogP contribution in [0, 0.1) is 6.92 Å². The van der Waals surface area contributed by atoms with Gasteiger partial charge in [0.1, 0.15) is 0 Å². The molecule has 1 aromatic carbocycles. The molecule has 0 saturated carbocycles. The number of thiophene rings is 1. The second-order valence-electron chi connectivity index (χ2n) is 2.90. The summed E-state index contributed by atoms with van der Waals surface area (Å²) in [7, 11) is 1.96. The third-order valence-corrected chi connectivity index (χ3v) is 3.05. The van der Waals surface area contributed by atoms with Crippen molar-refractivity contribution in [2.24, 2.45) is 0 Å². The molecule has 0 radical (unpaired) electrons. The highest BCUT2D eigenvalue weighted by Gasteiger charge is 1.98. The molecule has 0 spiro atoms. The highest BCUT2D eigenvalue weighted by molar-refractivity contribution is 7.22. The molecule has 1 aromatic heterocycles. The van der Waals surface area contributed by atoms with Crippen LogP contribution in [0.5, 0.6) is 0 Å². The van der Waals surface area contributed by atoms with Crippen LogP contribution in [0.15, 0.2) is 24.3 Å². The number of anilines is 1. The van der Waals surface area contributed by atoms with Crippen molar-refractivity contribution in [2.75, 3.05) is 12.4 Å². The number of nitrogens with one attached hydrogen (secondary N) is 1. The summed E-state index contributed by atoms with van der Waals surface area (Å²) >= 11 is 1.79. The van der Waals surface area contributed by atoms with Gasteiger partial charge in [0.2, 0.25) is 0 Å². The Kier molecular flexibility index (Phi) is 1.77. The number of benzene rings is 1. The van der Waals surface area contributed by atoms with Gasteiger partial charge in [-0.05, 0) is 24.4 Å². The van der Waals surface area contributed by atoms with Crippen LogP contribution < -0.4 is 5.32 Å². The number of hydrogen-bond donors (Lipinski definition) is 1. The van der Waals surface area contributed by atoms with E-state index in [-0.39, 0.29) is 0 Å². The van der Waals surface area contributed by atoms with Crippen LogP contribution >= 0.6 is 11.3 Å². The van der Waals surface area contributed by atoms with Crippen LogP contribution in [0.1, 0.15) is 5.56 Å². The van der Waals surface area contributed by atoms with Crippen molar-refractivity contribution in [2.45, 2.75) is 6.92 Å². The zero-order chi connectivity index (χ0) is 8.55. The summed E-state index contributed by atoms with van der Waals surface area (Å²) in [5.74, 6) is 0. The lowest BCUT2D eigenvalue weighted by Crippen LogP contribution is -1.79. The summed E-state index contributed by atoms with van der Waals surface area (Å²) in [6.45, 7) is 2.12. The molecular weight excluding hydrogens is 166 g/mol. The first-order valence-electron chi connectivity index (χ1n) is 3.97. The van der Waals surface area contributed by atoms with E-state index in [0.29, 0.717) is 0 Å². The van der Waals surface area contributed by atoms with Crippen LogP contribution in [0.2, 0.25) is 0 Å². The molecule has 2 heteroatoms. The standard InChI is InChI=1S/C10H11NS/c1-7-3-4-9-8(5-7)6-10(11-2)12-9/h3-6,11H,1-2H3. The van der Waals surface area contributed by atoms with Crippen molar-refractivity contribution < 1.29 is 0 Å². The fraction of sp³-hybridized carbons (Fsp3) is 0.200. The molecule has 1 heterocycles. The Balaban J connectivity index is 2.67. The van der Waals surface area contributed by atoms with Crippen molar-refractivity contribution >= 4 is 26.4 Å². The Morgan fingerprint density at radius 2 is 2.08 bits per heavy atom. The Morgan fingerprint density at radius 1 is 1.25 bits per heavy atom. The molecule has 0 amide bonds. The molecule has 1 nitrogen and oxygen atoms in total. The third kappa shape index (κ3) is 1.18. The molecule has 0 unspecified atom stereocenters. The molecule has 0 bridgehead atoms. The average molecular weight is 177 g/mol. The molecule has 12 heavy (non-hydrogen) atoms. The number of fused-ring (bicyclic) bond motifs is 1. The summed E-state index contributed by atoms with van der Waals surface area (Å²) in [5.41, 5.74) is 1.32. The number of rotatable bonds is 1. The maximum atomic E-state index is 3.15. The van der Waals surface area contributed by atoms with E-state index < -0.39 is 0 Å². The second-order valence-corrected chi connectivity index (χ2v) is 3.99. The van der Waals surface area contributed by atoms with Gasteiger partial charge in [-0.15, -0.1) is 11.3 Å². The quantitative estimate of drug-likeness (QED) is 0.705. The van der Waals surface area contributed by atoms with E-state index in [1.807, 2.05) is 7.05 Å². The van der Waals surface area contributed by atoms with Gasteiger partial charge in [0.05, 0.1) is 5.00 Å². The van der Waals surface area contributed by atoms with Crippen molar-refractivity contribution in [3.05, 3.63) is 29.8 Å². The SMILES string of the molecule is CNc1cc2cc(C)ccc2s1. The summed E-state index contributed by atoms with van der Waals surface area (Å²) in [4.78, 5) is 0. The van der Waals surface area contributed by atoms with Crippen LogP contribution in [0.4, 0.5) is 5.00 Å². The van der Waals surface area contributed by atoms with E-state index in [9.17, 15) is 0 Å². The molecule has 1 N–H and O–H groups in total. The molecule has 2 aromatic rings. The van der Waals surface area contributed by atoms with Crippen molar-refractivity contribution in [1.82, 2.24) is 0 Å². The molecule has 0 saturated heterocycles. The number of hydrogen-bond acceptors (Lipinski definition) is 2. The van der Waals surface area contributed by atoms with Gasteiger partial charge in [-0.1, -0.05) is 17.7 Å². The highest BCUT2D eigenvalue weighted by atomic mass is 32.1. The van der Waals surface area contributed by atoms with E-state index in [2.05, 4.69) is 36.5 Å². The average Bonchev–Trinajstić information content (AvgIpc) is 2.46. The van der Waals surface area contributed by atoms with Gasteiger partial charge in [0.15, 0.2) is 0 Å². The lowest BCUT2D eigenvalue weighted by atomic mass is 10.2. The molecule has 0 fully saturated rings. The van der Waals surface area contributed by atoms with Crippen molar-refractivity contribution in [1.29, 1.82) is 0 Å². The van der Waals surface area contributed by atoms with E-state index >= 15 is 0 Å². The highest BCUT2D eigenvalue weighted by Crippen LogP contribution is 2.29. The topological polar surface area (TPSA) is 12.0 Å². The van der Waals surface area contributed by atoms with Gasteiger partial charge in [0.25, 0.3) is 0 Å². The lowest BCUT2D eigenvalue weighted by molar-refractivity contribution is 1.51. The molecule has 0 aliphatic rings. The third-order valence-electron chi connectivity index (χ3n) is 1.92. The normalized spacial score (nSPS) is 10.5. The lowest BCUT2D eigenvalue weighted by Gasteiger charge is -1.89. The number of aryl methyl sites for hydroxylation is 1. The van der Waals surface area contributed by atoms with Crippen LogP contribution in [-0.2, 0) is 0 Å². The van der Waals surface area contributed by atoms with Crippen LogP contribution in [0.25, 0.3) is 10.1 Å². The molecule has 62 valence electrons. The first-order valence-corrected chi connectivity index (χ1v) is 4.79. The van der Waals surface area contributed by atoms with Gasteiger partial charge < -0.3 is 5.32 Å². The van der Waals surface area contributed by atoms with Gasteiger partial charge >= 0.3 is 0 Å². The van der Waals surface area contributed by atoms with E-state index in [0.717, 1.165) is 0 Å². The van der Waals surface area contributed by atoms with E-state index in [4.69, 9.17) is 0 Å². The van der Waals surface area contributed by atoms with Gasteiger partial charge in [-0.2, -0.15) is 0 Å². The minimum Gasteiger partial charge on any atom is -0.380 e. The smallest absolute Gasteiger partial charge is 0.0892 e. The second kappa shape index (κ2) is 2.79. The van der Waals surface area contributed by atoms with Crippen molar-refractivity contribution in [3.63, 3.8) is 0 Å². The fourth-order valence-corrected chi connectivity index (χ4v) is 2.18. The zero-order valence-electron chi connectivity index (χ0n) is 7.22. The zero-order valence-corrected chi connectivity index (χ0v) is 8.03. The molecule has 0 aliphatic carbocycles. The maximum Gasteiger partial charge on any atom is 0.0892 e. The predicted octanol–water partition coefficient (Wildman–Crippen LogP) is 3.25. The maximum absolute atomic E-state index is 3.15. The van der Waals surface area contributed by atoms with Crippen LogP contribution in [-0.4, -0.2) is 7.05 Å². The molecule has 0 atom stereocenters. The molecule has 2 rings (SSSR count). The van der Waals surface area contributed by atoms with E-state index in [1.54, 1.807) is 11.3 Å². The Hall–Kier alpha value is -1.02. The summed E-state index contributed by atoms with van der Waals surface area (Å²) in [5, 5.41) is 5.72. The van der Waals surface area contributed by atoms with E-state index in [1.165, 1.54) is 20.7 Å². The summed E-state index contributed by atoms with van der Waals surface area (Å²) in [6, 6.07) is 8.73. The fourth-order valence-electron chi connectivity index (χ4n) is 1.29. The largest absolute Gasteiger partial charge is 0.380 e. The Labute approximate surface area is 76.0 Å². The molecule has 0 aliphatic heterocycles.